The van der Waals surface area contributed by atoms with Crippen molar-refractivity contribution in [3.8, 4) is 0 Å². The van der Waals surface area contributed by atoms with E-state index in [9.17, 15) is 26.3 Å². The maximum Gasteiger partial charge on any atom is 0.549 e. The SMILES string of the molecule is FC(F)(F)COOC(F)(F)F. The molecule has 68 valence electrons. The van der Waals surface area contributed by atoms with Crippen molar-refractivity contribution in [1.29, 1.82) is 0 Å². The molecule has 0 heterocycles. The molecule has 0 saturated heterocycles. The summed E-state index contributed by atoms with van der Waals surface area (Å²) in [6.07, 6.45) is -10.0. The number of halogens is 6. The first kappa shape index (κ1) is 10.5. The summed E-state index contributed by atoms with van der Waals surface area (Å²) >= 11 is 0. The molecule has 0 bridgehead atoms. The van der Waals surface area contributed by atoms with E-state index in [2.05, 4.69) is 9.78 Å². The van der Waals surface area contributed by atoms with Crippen LogP contribution in [-0.2, 0) is 9.78 Å². The van der Waals surface area contributed by atoms with Crippen LogP contribution in [0.1, 0.15) is 0 Å². The van der Waals surface area contributed by atoms with E-state index in [0.717, 1.165) is 0 Å². The van der Waals surface area contributed by atoms with Crippen molar-refractivity contribution in [2.24, 2.45) is 0 Å². The third-order valence-corrected chi connectivity index (χ3v) is 0.376. The average molecular weight is 184 g/mol. The van der Waals surface area contributed by atoms with Crippen molar-refractivity contribution in [1.82, 2.24) is 0 Å². The van der Waals surface area contributed by atoms with Gasteiger partial charge in [0.15, 0.2) is 6.61 Å². The van der Waals surface area contributed by atoms with Crippen LogP contribution in [-0.4, -0.2) is 19.1 Å². The molecule has 11 heavy (non-hydrogen) atoms. The molecular formula is C3H2F6O2. The molecule has 0 radical (unpaired) electrons. The maximum atomic E-state index is 11.1. The molecule has 0 N–H and O–H groups in total. The van der Waals surface area contributed by atoms with Gasteiger partial charge in [0.25, 0.3) is 0 Å². The van der Waals surface area contributed by atoms with Gasteiger partial charge in [-0.15, -0.1) is 18.1 Å². The summed E-state index contributed by atoms with van der Waals surface area (Å²) < 4.78 is 65.9. The fourth-order valence-corrected chi connectivity index (χ4v) is 0.163. The molecule has 0 aromatic heterocycles. The molecule has 0 spiro atoms. The Morgan fingerprint density at radius 1 is 0.909 bits per heavy atom. The van der Waals surface area contributed by atoms with Gasteiger partial charge in [-0.2, -0.15) is 13.2 Å². The molecule has 0 amide bonds. The zero-order chi connectivity index (χ0) is 9.12. The minimum absolute atomic E-state index is 2.09. The first-order chi connectivity index (χ1) is 4.71. The Bertz CT molecular complexity index is 100.0. The Hall–Kier alpha value is -0.500. The Morgan fingerprint density at radius 2 is 1.36 bits per heavy atom. The molecule has 0 rings (SSSR count). The topological polar surface area (TPSA) is 18.5 Å². The molecule has 0 atom stereocenters. The molecule has 8 heteroatoms. The molecule has 0 saturated carbocycles. The lowest BCUT2D eigenvalue weighted by atomic mass is 10.7. The first-order valence-electron chi connectivity index (χ1n) is 2.15. The van der Waals surface area contributed by atoms with Gasteiger partial charge in [-0.25, -0.2) is 4.89 Å². The van der Waals surface area contributed by atoms with E-state index in [-0.39, 0.29) is 0 Å². The van der Waals surface area contributed by atoms with Gasteiger partial charge in [-0.3, -0.25) is 0 Å². The van der Waals surface area contributed by atoms with E-state index in [4.69, 9.17) is 0 Å². The first-order valence-corrected chi connectivity index (χ1v) is 2.15. The second kappa shape index (κ2) is 3.26. The smallest absolute Gasteiger partial charge is 0.219 e. The average Bonchev–Trinajstić information content (AvgIpc) is 1.55. The molecule has 0 aliphatic carbocycles. The standard InChI is InChI=1S/C3H2F6O2/c4-2(5,6)1-10-11-3(7,8)9/h1H2. The molecule has 0 aromatic rings. The van der Waals surface area contributed by atoms with Crippen LogP contribution in [0.5, 0.6) is 0 Å². The van der Waals surface area contributed by atoms with E-state index < -0.39 is 19.1 Å². The summed E-state index contributed by atoms with van der Waals surface area (Å²) in [7, 11) is 0. The highest BCUT2D eigenvalue weighted by atomic mass is 19.4. The molecule has 0 aliphatic rings. The summed E-state index contributed by atoms with van der Waals surface area (Å²) in [5.74, 6) is 0. The summed E-state index contributed by atoms with van der Waals surface area (Å²) in [6.45, 7) is -2.09. The number of alkyl halides is 6. The number of hydrogen-bond acceptors (Lipinski definition) is 2. The zero-order valence-corrected chi connectivity index (χ0v) is 4.79. The van der Waals surface area contributed by atoms with E-state index >= 15 is 0 Å². The molecular weight excluding hydrogens is 182 g/mol. The highest BCUT2D eigenvalue weighted by molar-refractivity contribution is 4.41. The van der Waals surface area contributed by atoms with Gasteiger partial charge in [0.2, 0.25) is 0 Å². The Kier molecular flexibility index (Phi) is 3.12. The van der Waals surface area contributed by atoms with Gasteiger partial charge in [0.1, 0.15) is 0 Å². The van der Waals surface area contributed by atoms with Crippen LogP contribution >= 0.6 is 0 Å². The Balaban J connectivity index is 3.44. The van der Waals surface area contributed by atoms with Crippen LogP contribution < -0.4 is 0 Å². The molecule has 0 aromatic carbocycles. The van der Waals surface area contributed by atoms with Crippen LogP contribution in [0, 0.1) is 0 Å². The van der Waals surface area contributed by atoms with Crippen molar-refractivity contribution in [2.45, 2.75) is 12.5 Å². The predicted molar refractivity (Wildman–Crippen MR) is 19.1 cm³/mol. The molecule has 2 nitrogen and oxygen atoms in total. The summed E-state index contributed by atoms with van der Waals surface area (Å²) in [6, 6.07) is 0. The van der Waals surface area contributed by atoms with Crippen molar-refractivity contribution in [3.63, 3.8) is 0 Å². The van der Waals surface area contributed by atoms with Crippen molar-refractivity contribution in [3.05, 3.63) is 0 Å². The normalized spacial score (nSPS) is 13.6. The largest absolute Gasteiger partial charge is 0.549 e. The Labute approximate surface area is 56.6 Å². The second-order valence-electron chi connectivity index (χ2n) is 1.41. The van der Waals surface area contributed by atoms with E-state index in [0.29, 0.717) is 0 Å². The van der Waals surface area contributed by atoms with Gasteiger partial charge in [-0.1, -0.05) is 0 Å². The molecule has 0 unspecified atom stereocenters. The quantitative estimate of drug-likeness (QED) is 0.371. The van der Waals surface area contributed by atoms with Crippen LogP contribution in [0.4, 0.5) is 26.3 Å². The lowest BCUT2D eigenvalue weighted by Crippen LogP contribution is -2.22. The maximum absolute atomic E-state index is 11.1. The number of rotatable bonds is 2. The summed E-state index contributed by atoms with van der Waals surface area (Å²) in [4.78, 5) is 5.20. The van der Waals surface area contributed by atoms with Crippen LogP contribution in [0.3, 0.4) is 0 Å². The minimum atomic E-state index is -5.20. The van der Waals surface area contributed by atoms with E-state index in [1.807, 2.05) is 0 Å². The van der Waals surface area contributed by atoms with Gasteiger partial charge < -0.3 is 0 Å². The lowest BCUT2D eigenvalue weighted by Gasteiger charge is -2.07. The minimum Gasteiger partial charge on any atom is -0.219 e. The summed E-state index contributed by atoms with van der Waals surface area (Å²) in [5.41, 5.74) is 0. The van der Waals surface area contributed by atoms with Gasteiger partial charge in [0, 0.05) is 0 Å². The second-order valence-corrected chi connectivity index (χ2v) is 1.41. The van der Waals surface area contributed by atoms with Crippen LogP contribution in [0.2, 0.25) is 0 Å². The van der Waals surface area contributed by atoms with Gasteiger partial charge in [0.05, 0.1) is 0 Å². The third-order valence-electron chi connectivity index (χ3n) is 0.376. The fourth-order valence-electron chi connectivity index (χ4n) is 0.163. The van der Waals surface area contributed by atoms with Crippen molar-refractivity contribution in [2.75, 3.05) is 6.61 Å². The van der Waals surface area contributed by atoms with E-state index in [1.165, 1.54) is 0 Å². The van der Waals surface area contributed by atoms with Crippen LogP contribution in [0.25, 0.3) is 0 Å². The summed E-state index contributed by atoms with van der Waals surface area (Å²) in [5, 5.41) is 0. The predicted octanol–water partition coefficient (Wildman–Crippen LogP) is 2.02. The number of hydrogen-bond donors (Lipinski definition) is 0. The van der Waals surface area contributed by atoms with Crippen molar-refractivity contribution >= 4 is 0 Å². The third kappa shape index (κ3) is 9.50. The van der Waals surface area contributed by atoms with E-state index in [1.54, 1.807) is 0 Å². The molecule has 0 aliphatic heterocycles. The van der Waals surface area contributed by atoms with Crippen LogP contribution in [0.15, 0.2) is 0 Å². The zero-order valence-electron chi connectivity index (χ0n) is 4.79. The molecule has 0 fully saturated rings. The highest BCUT2D eigenvalue weighted by Gasteiger charge is 2.35. The van der Waals surface area contributed by atoms with Gasteiger partial charge >= 0.3 is 12.5 Å². The lowest BCUT2D eigenvalue weighted by molar-refractivity contribution is -0.495. The Morgan fingerprint density at radius 3 is 1.64 bits per heavy atom. The monoisotopic (exact) mass is 184 g/mol. The highest BCUT2D eigenvalue weighted by Crippen LogP contribution is 2.20. The van der Waals surface area contributed by atoms with Crippen molar-refractivity contribution < 1.29 is 36.1 Å². The van der Waals surface area contributed by atoms with Gasteiger partial charge in [-0.05, 0) is 0 Å². The fraction of sp³-hybridized carbons (Fsp3) is 1.00.